The molecule has 11 nitrogen and oxygen atoms in total. The van der Waals surface area contributed by atoms with Crippen molar-refractivity contribution in [1.29, 1.82) is 0 Å². The van der Waals surface area contributed by atoms with Gasteiger partial charge in [-0.3, -0.25) is 4.90 Å². The third-order valence-electron chi connectivity index (χ3n) is 12.8. The molecule has 13 atom stereocenters. The molecule has 1 spiro atoms. The average molecular weight is 590 g/mol. The second-order valence-corrected chi connectivity index (χ2v) is 13.8. The van der Waals surface area contributed by atoms with Gasteiger partial charge in [0.05, 0.1) is 54.2 Å². The van der Waals surface area contributed by atoms with Gasteiger partial charge in [-0.05, 0) is 49.6 Å². The highest BCUT2D eigenvalue weighted by molar-refractivity contribution is 5.89. The zero-order valence-corrected chi connectivity index (χ0v) is 24.6. The van der Waals surface area contributed by atoms with Gasteiger partial charge in [0.15, 0.2) is 0 Å². The largest absolute Gasteiger partial charge is 0.497 e. The molecular formula is C31H43NO10. The monoisotopic (exact) mass is 589 g/mol. The molecular weight excluding hydrogens is 546 g/mol. The molecule has 1 aromatic carbocycles. The predicted molar refractivity (Wildman–Crippen MR) is 147 cm³/mol. The van der Waals surface area contributed by atoms with Crippen molar-refractivity contribution in [2.45, 2.75) is 79.9 Å². The summed E-state index contributed by atoms with van der Waals surface area (Å²) in [6, 6.07) is 6.07. The number of hydrogen-bond donors (Lipinski definition) is 5. The number of fused-ring (bicyclic) bond motifs is 2. The van der Waals surface area contributed by atoms with Crippen molar-refractivity contribution in [3.8, 4) is 5.75 Å². The number of esters is 1. The first kappa shape index (κ1) is 28.9. The smallest absolute Gasteiger partial charge is 0.338 e. The van der Waals surface area contributed by atoms with Crippen LogP contribution in [0.5, 0.6) is 5.75 Å². The number of benzene rings is 1. The minimum atomic E-state index is -1.84. The highest BCUT2D eigenvalue weighted by atomic mass is 16.6. The van der Waals surface area contributed by atoms with Crippen molar-refractivity contribution in [2.24, 2.45) is 28.6 Å². The van der Waals surface area contributed by atoms with Crippen LogP contribution in [0.25, 0.3) is 0 Å². The third kappa shape index (κ3) is 3.02. The Kier molecular flexibility index (Phi) is 6.27. The molecule has 1 aliphatic heterocycles. The number of hydrogen-bond acceptors (Lipinski definition) is 11. The Morgan fingerprint density at radius 2 is 1.69 bits per heavy atom. The first-order valence-corrected chi connectivity index (χ1v) is 15.1. The summed E-state index contributed by atoms with van der Waals surface area (Å²) in [6.07, 6.45) is -3.80. The maximum absolute atomic E-state index is 13.5. The number of nitrogens with zero attached hydrogens (tertiary/aromatic N) is 1. The van der Waals surface area contributed by atoms with Gasteiger partial charge < -0.3 is 44.5 Å². The molecule has 5 saturated carbocycles. The van der Waals surface area contributed by atoms with E-state index in [1.54, 1.807) is 38.5 Å². The fourth-order valence-corrected chi connectivity index (χ4v) is 11.4. The summed E-state index contributed by atoms with van der Waals surface area (Å²) in [5.74, 6) is -2.00. The quantitative estimate of drug-likeness (QED) is 0.272. The molecule has 0 aromatic heterocycles. The molecule has 1 saturated heterocycles. The van der Waals surface area contributed by atoms with E-state index in [0.717, 1.165) is 0 Å². The van der Waals surface area contributed by atoms with E-state index in [1.165, 1.54) is 7.11 Å². The lowest BCUT2D eigenvalue weighted by atomic mass is 9.41. The second kappa shape index (κ2) is 9.10. The van der Waals surface area contributed by atoms with Gasteiger partial charge in [0.1, 0.15) is 17.5 Å². The molecule has 5 aliphatic carbocycles. The number of ether oxygens (including phenoxy) is 4. The third-order valence-corrected chi connectivity index (χ3v) is 12.8. The van der Waals surface area contributed by atoms with E-state index in [0.29, 0.717) is 18.8 Å². The van der Waals surface area contributed by atoms with Gasteiger partial charge in [0.2, 0.25) is 0 Å². The Balaban J connectivity index is 1.40. The Morgan fingerprint density at radius 3 is 2.31 bits per heavy atom. The van der Waals surface area contributed by atoms with Gasteiger partial charge in [0.25, 0.3) is 0 Å². The van der Waals surface area contributed by atoms with E-state index in [2.05, 4.69) is 4.90 Å². The van der Waals surface area contributed by atoms with Crippen molar-refractivity contribution in [3.63, 3.8) is 0 Å². The predicted octanol–water partition coefficient (Wildman–Crippen LogP) is -0.0490. The van der Waals surface area contributed by atoms with Crippen molar-refractivity contribution in [3.05, 3.63) is 29.8 Å². The van der Waals surface area contributed by atoms with Crippen molar-refractivity contribution in [2.75, 3.05) is 41.0 Å². The zero-order valence-electron chi connectivity index (χ0n) is 24.6. The van der Waals surface area contributed by atoms with E-state index >= 15 is 0 Å². The standard InChI is InChI=1S/C31H43NO10/c1-5-32-14-27(15-39-2)20(33)10-22(41-4)31-18-11-29(37)21(34)13-28(36,19(24(31)32)12-30(27,31)38)23(18)25(29)42-26(35)16-6-8-17(40-3)9-7-16/h6-9,18-25,33-34,36-38H,5,10-15H2,1-4H3/t18-,19+,20-,21+,22+,23-,24-,25-,27+,28+,29-,30+,31-/m1/s1. The topological polar surface area (TPSA) is 158 Å². The summed E-state index contributed by atoms with van der Waals surface area (Å²) in [5, 5.41) is 61.3. The Bertz CT molecular complexity index is 1260. The summed E-state index contributed by atoms with van der Waals surface area (Å²) >= 11 is 0. The van der Waals surface area contributed by atoms with Crippen LogP contribution in [-0.2, 0) is 14.2 Å². The molecule has 0 amide bonds. The van der Waals surface area contributed by atoms with Crippen LogP contribution in [0.2, 0.25) is 0 Å². The van der Waals surface area contributed by atoms with Crippen molar-refractivity contribution < 1.29 is 49.3 Å². The van der Waals surface area contributed by atoms with E-state index in [9.17, 15) is 30.3 Å². The molecule has 0 unspecified atom stereocenters. The highest BCUT2D eigenvalue weighted by Gasteiger charge is 2.91. The minimum Gasteiger partial charge on any atom is -0.497 e. The second-order valence-electron chi connectivity index (χ2n) is 13.8. The Labute approximate surface area is 245 Å². The molecule has 7 rings (SSSR count). The first-order chi connectivity index (χ1) is 19.9. The number of carbonyl (C=O) groups excluding carboxylic acids is 1. The van der Waals surface area contributed by atoms with Gasteiger partial charge >= 0.3 is 5.97 Å². The fourth-order valence-electron chi connectivity index (χ4n) is 11.4. The Morgan fingerprint density at radius 1 is 0.976 bits per heavy atom. The van der Waals surface area contributed by atoms with Gasteiger partial charge in [-0.25, -0.2) is 4.79 Å². The number of aliphatic hydroxyl groups is 5. The number of carbonyl (C=O) groups is 1. The highest BCUT2D eigenvalue weighted by Crippen LogP contribution is 2.80. The van der Waals surface area contributed by atoms with Crippen LogP contribution in [-0.4, -0.2) is 125 Å². The molecule has 0 radical (unpaired) electrons. The maximum atomic E-state index is 13.5. The lowest BCUT2D eigenvalue weighted by Crippen LogP contribution is -2.84. The fraction of sp³-hybridized carbons (Fsp3) is 0.774. The molecule has 5 N–H and O–H groups in total. The molecule has 6 fully saturated rings. The summed E-state index contributed by atoms with van der Waals surface area (Å²) in [7, 11) is 4.66. The van der Waals surface area contributed by atoms with Crippen LogP contribution >= 0.6 is 0 Å². The number of rotatable bonds is 7. The van der Waals surface area contributed by atoms with Crippen molar-refractivity contribution in [1.82, 2.24) is 4.90 Å². The summed E-state index contributed by atoms with van der Waals surface area (Å²) in [6.45, 7) is 3.11. The van der Waals surface area contributed by atoms with E-state index in [4.69, 9.17) is 18.9 Å². The van der Waals surface area contributed by atoms with E-state index in [-0.39, 0.29) is 43.9 Å². The average Bonchev–Trinajstić information content (AvgIpc) is 3.34. The number of likely N-dealkylation sites (tertiary alicyclic amines) is 1. The lowest BCUT2D eigenvalue weighted by molar-refractivity contribution is -0.345. The minimum absolute atomic E-state index is 0.00377. The number of methoxy groups -OCH3 is 3. The van der Waals surface area contributed by atoms with E-state index in [1.807, 2.05) is 6.92 Å². The lowest BCUT2D eigenvalue weighted by Gasteiger charge is -2.72. The number of aliphatic hydroxyl groups excluding tert-OH is 2. The molecule has 1 aromatic rings. The molecule has 6 aliphatic rings. The summed E-state index contributed by atoms with van der Waals surface area (Å²) < 4.78 is 23.1. The van der Waals surface area contributed by atoms with Crippen LogP contribution < -0.4 is 4.74 Å². The van der Waals surface area contributed by atoms with Gasteiger partial charge in [-0.1, -0.05) is 6.92 Å². The molecule has 11 heteroatoms. The maximum Gasteiger partial charge on any atom is 0.338 e. The van der Waals surface area contributed by atoms with E-state index < -0.39 is 75.8 Å². The van der Waals surface area contributed by atoms with Gasteiger partial charge in [0, 0.05) is 56.9 Å². The Hall–Kier alpha value is -1.83. The van der Waals surface area contributed by atoms with Crippen LogP contribution in [0.3, 0.4) is 0 Å². The number of piperidine rings is 1. The van der Waals surface area contributed by atoms with Crippen LogP contribution in [0.15, 0.2) is 24.3 Å². The van der Waals surface area contributed by atoms with Gasteiger partial charge in [-0.2, -0.15) is 0 Å². The van der Waals surface area contributed by atoms with Crippen LogP contribution in [0, 0.1) is 28.6 Å². The molecule has 42 heavy (non-hydrogen) atoms. The molecule has 232 valence electrons. The van der Waals surface area contributed by atoms with Crippen molar-refractivity contribution >= 4 is 5.97 Å². The zero-order chi connectivity index (χ0) is 30.0. The molecule has 7 bridgehead atoms. The van der Waals surface area contributed by atoms with Crippen LogP contribution in [0.4, 0.5) is 0 Å². The van der Waals surface area contributed by atoms with Crippen LogP contribution in [0.1, 0.15) is 43.0 Å². The molecule has 1 heterocycles. The summed E-state index contributed by atoms with van der Waals surface area (Å²) in [4.78, 5) is 15.7. The van der Waals surface area contributed by atoms with Gasteiger partial charge in [-0.15, -0.1) is 0 Å². The normalized spacial score (nSPS) is 51.8. The first-order valence-electron chi connectivity index (χ1n) is 15.1. The summed E-state index contributed by atoms with van der Waals surface area (Å²) in [5.41, 5.74) is -6.76. The SMILES string of the molecule is CCN1C[C@]2(COC)[C@H](O)C[C@H](OC)[C@@]34[C@@H]5C[C@]6(O)[C@H](OC(=O)c7ccc(OC)cc7)[C@@H]5[C@](O)(C[C@@H]6O)[C@@H](C[C@]23O)[C@@H]14.